The number of rotatable bonds is 7. The Bertz CT molecular complexity index is 1400. The molecule has 4 heterocycles. The molecule has 1 fully saturated rings. The number of methoxy groups -OCH3 is 1. The molecule has 12 nitrogen and oxygen atoms in total. The van der Waals surface area contributed by atoms with E-state index < -0.39 is 23.6 Å². The molecule has 1 atom stereocenters. The Morgan fingerprint density at radius 3 is 2.81 bits per heavy atom. The number of benzene rings is 1. The first-order valence-corrected chi connectivity index (χ1v) is 11.2. The van der Waals surface area contributed by atoms with Gasteiger partial charge in [-0.3, -0.25) is 19.9 Å². The summed E-state index contributed by atoms with van der Waals surface area (Å²) in [6, 6.07) is 7.68. The predicted molar refractivity (Wildman–Crippen MR) is 124 cm³/mol. The van der Waals surface area contributed by atoms with Gasteiger partial charge in [-0.25, -0.2) is 9.59 Å². The lowest BCUT2D eigenvalue weighted by Gasteiger charge is -2.28. The van der Waals surface area contributed by atoms with E-state index in [1.165, 1.54) is 18.2 Å². The number of hydrogen-bond donors (Lipinski definition) is 3. The third-order valence-corrected chi connectivity index (χ3v) is 6.10. The van der Waals surface area contributed by atoms with Gasteiger partial charge in [0, 0.05) is 36.5 Å². The van der Waals surface area contributed by atoms with Gasteiger partial charge in [0.15, 0.2) is 11.1 Å². The van der Waals surface area contributed by atoms with Gasteiger partial charge in [0.05, 0.1) is 13.7 Å². The summed E-state index contributed by atoms with van der Waals surface area (Å²) in [6.45, 7) is 2.28. The third-order valence-electron chi connectivity index (χ3n) is 6.10. The van der Waals surface area contributed by atoms with E-state index in [0.29, 0.717) is 34.5 Å². The topological polar surface area (TPSA) is 152 Å². The minimum Gasteiger partial charge on any atom is -0.497 e. The zero-order chi connectivity index (χ0) is 25.4. The fourth-order valence-corrected chi connectivity index (χ4v) is 4.33. The molecule has 1 unspecified atom stereocenters. The van der Waals surface area contributed by atoms with Crippen LogP contribution in [0.25, 0.3) is 11.1 Å². The Kier molecular flexibility index (Phi) is 5.71. The van der Waals surface area contributed by atoms with Crippen LogP contribution in [-0.2, 0) is 28.2 Å². The van der Waals surface area contributed by atoms with Crippen LogP contribution in [0.15, 0.2) is 40.9 Å². The molecule has 5 amide bonds. The molecule has 2 aliphatic heterocycles. The van der Waals surface area contributed by atoms with Crippen molar-refractivity contribution in [1.29, 1.82) is 0 Å². The monoisotopic (exact) mass is 493 g/mol. The summed E-state index contributed by atoms with van der Waals surface area (Å²) in [4.78, 5) is 55.8. The lowest BCUT2D eigenvalue weighted by molar-refractivity contribution is -0.125. The zero-order valence-corrected chi connectivity index (χ0v) is 19.5. The molecule has 2 aliphatic rings. The van der Waals surface area contributed by atoms with E-state index in [2.05, 4.69) is 20.9 Å². The summed E-state index contributed by atoms with van der Waals surface area (Å²) in [6.07, 6.45) is 0.963. The van der Waals surface area contributed by atoms with Crippen LogP contribution < -0.4 is 20.7 Å². The molecule has 3 N–H and O–H groups in total. The lowest BCUT2D eigenvalue weighted by Crippen LogP contribution is -2.52. The van der Waals surface area contributed by atoms with Crippen molar-refractivity contribution in [3.63, 3.8) is 0 Å². The van der Waals surface area contributed by atoms with E-state index in [4.69, 9.17) is 13.9 Å². The molecule has 0 bridgehead atoms. The third kappa shape index (κ3) is 3.96. The van der Waals surface area contributed by atoms with Crippen LogP contribution in [0.1, 0.15) is 34.2 Å². The molecule has 0 aliphatic carbocycles. The van der Waals surface area contributed by atoms with Crippen molar-refractivity contribution < 1.29 is 33.1 Å². The van der Waals surface area contributed by atoms with Gasteiger partial charge < -0.3 is 29.4 Å². The number of furan rings is 1. The molecular formula is C24H23N5O7. The molecule has 0 radical (unpaired) electrons. The van der Waals surface area contributed by atoms with Gasteiger partial charge in [0.2, 0.25) is 0 Å². The maximum absolute atomic E-state index is 13.1. The molecule has 12 heteroatoms. The minimum absolute atomic E-state index is 0.0306. The number of fused-ring (bicyclic) bond motifs is 2. The Morgan fingerprint density at radius 2 is 2.08 bits per heavy atom. The molecule has 2 aromatic heterocycles. The minimum atomic E-state index is -1.66. The Hall–Kier alpha value is -4.61. The molecular weight excluding hydrogens is 470 g/mol. The molecule has 0 saturated carbocycles. The van der Waals surface area contributed by atoms with Crippen molar-refractivity contribution in [3.8, 4) is 5.75 Å². The van der Waals surface area contributed by atoms with E-state index in [0.717, 1.165) is 5.56 Å². The second-order valence-electron chi connectivity index (χ2n) is 8.44. The highest BCUT2D eigenvalue weighted by molar-refractivity contribution is 6.08. The molecule has 1 saturated heterocycles. The number of nitrogens with zero attached hydrogens (tertiary/aromatic N) is 2. The fraction of sp³-hybridized carbons (Fsp3) is 0.292. The number of hydrogen-bond acceptors (Lipinski definition) is 8. The summed E-state index contributed by atoms with van der Waals surface area (Å²) in [5.74, 6) is -0.277. The number of ether oxygens (including phenoxy) is 2. The number of carbonyl (C=O) groups is 4. The number of alkyl carbamates (subject to hydrolysis) is 1. The van der Waals surface area contributed by atoms with Crippen molar-refractivity contribution in [3.05, 3.63) is 59.0 Å². The van der Waals surface area contributed by atoms with Crippen LogP contribution in [-0.4, -0.2) is 54.0 Å². The van der Waals surface area contributed by atoms with Gasteiger partial charge in [0.25, 0.3) is 11.8 Å². The van der Waals surface area contributed by atoms with Gasteiger partial charge >= 0.3 is 12.1 Å². The van der Waals surface area contributed by atoms with Gasteiger partial charge in [0.1, 0.15) is 23.6 Å². The Balaban J connectivity index is 1.44. The summed E-state index contributed by atoms with van der Waals surface area (Å²) >= 11 is 0. The van der Waals surface area contributed by atoms with Crippen LogP contribution in [0.2, 0.25) is 0 Å². The highest BCUT2D eigenvalue weighted by Gasteiger charge is 2.53. The summed E-state index contributed by atoms with van der Waals surface area (Å²) < 4.78 is 16.3. The van der Waals surface area contributed by atoms with Crippen molar-refractivity contribution in [2.75, 3.05) is 20.2 Å². The van der Waals surface area contributed by atoms with E-state index in [9.17, 15) is 19.2 Å². The summed E-state index contributed by atoms with van der Waals surface area (Å²) in [7, 11) is 1.51. The maximum Gasteiger partial charge on any atom is 0.407 e. The molecule has 3 aromatic rings. The van der Waals surface area contributed by atoms with Crippen molar-refractivity contribution in [2.45, 2.75) is 25.6 Å². The first kappa shape index (κ1) is 23.1. The van der Waals surface area contributed by atoms with Crippen LogP contribution in [0.4, 0.5) is 9.59 Å². The number of imide groups is 1. The normalized spacial score (nSPS) is 18.7. The maximum atomic E-state index is 13.1. The van der Waals surface area contributed by atoms with E-state index in [1.807, 2.05) is 0 Å². The Morgan fingerprint density at radius 1 is 1.25 bits per heavy atom. The second-order valence-corrected chi connectivity index (χ2v) is 8.44. The van der Waals surface area contributed by atoms with Crippen molar-refractivity contribution in [2.24, 2.45) is 0 Å². The number of nitrogens with one attached hydrogen (secondary N) is 3. The molecule has 5 rings (SSSR count). The standard InChI is InChI=1S/C24H23N5O7/c1-3-25-23(33)35-11-13-6-18-17(26-9-13)8-19(36-18)24(21(31)27-22(32)28-24)12-29-10-14-4-5-15(34-2)7-16(14)20(29)30/h4-9H,3,10-12H2,1-2H3,(H,25,33)(H2,27,28,31,32). The van der Waals surface area contributed by atoms with E-state index >= 15 is 0 Å². The van der Waals surface area contributed by atoms with Gasteiger partial charge in [-0.15, -0.1) is 0 Å². The van der Waals surface area contributed by atoms with Crippen LogP contribution >= 0.6 is 0 Å². The SMILES string of the molecule is CCNC(=O)OCc1cnc2cc(C3(CN4Cc5ccc(OC)cc5C4=O)NC(=O)NC3=O)oc2c1. The molecule has 36 heavy (non-hydrogen) atoms. The smallest absolute Gasteiger partial charge is 0.407 e. The molecule has 186 valence electrons. The molecule has 0 spiro atoms. The average molecular weight is 493 g/mol. The van der Waals surface area contributed by atoms with Crippen LogP contribution in [0.3, 0.4) is 0 Å². The number of aromatic nitrogens is 1. The second kappa shape index (κ2) is 8.87. The number of amides is 5. The Labute approximate surface area is 204 Å². The number of urea groups is 1. The van der Waals surface area contributed by atoms with E-state index in [-0.39, 0.29) is 31.4 Å². The number of pyridine rings is 1. The average Bonchev–Trinajstić information content (AvgIpc) is 3.51. The summed E-state index contributed by atoms with van der Waals surface area (Å²) in [5.41, 5.74) is 0.928. The lowest BCUT2D eigenvalue weighted by atomic mass is 9.95. The van der Waals surface area contributed by atoms with Crippen molar-refractivity contribution in [1.82, 2.24) is 25.8 Å². The first-order valence-electron chi connectivity index (χ1n) is 11.2. The van der Waals surface area contributed by atoms with E-state index in [1.54, 1.807) is 37.3 Å². The van der Waals surface area contributed by atoms with Crippen LogP contribution in [0, 0.1) is 0 Å². The summed E-state index contributed by atoms with van der Waals surface area (Å²) in [5, 5.41) is 7.42. The van der Waals surface area contributed by atoms with Crippen LogP contribution in [0.5, 0.6) is 5.75 Å². The van der Waals surface area contributed by atoms with Crippen molar-refractivity contribution >= 4 is 35.0 Å². The van der Waals surface area contributed by atoms with Gasteiger partial charge in [-0.05, 0) is 30.7 Å². The fourth-order valence-electron chi connectivity index (χ4n) is 4.33. The molecule has 1 aromatic carbocycles. The van der Waals surface area contributed by atoms with Gasteiger partial charge in [-0.1, -0.05) is 6.07 Å². The van der Waals surface area contributed by atoms with Gasteiger partial charge in [-0.2, -0.15) is 0 Å². The zero-order valence-electron chi connectivity index (χ0n) is 19.5. The highest BCUT2D eigenvalue weighted by Crippen LogP contribution is 2.34. The first-order chi connectivity index (χ1) is 17.3. The predicted octanol–water partition coefficient (Wildman–Crippen LogP) is 1.77. The number of carbonyl (C=O) groups excluding carboxylic acids is 4. The quantitative estimate of drug-likeness (QED) is 0.421. The largest absolute Gasteiger partial charge is 0.497 e. The highest BCUT2D eigenvalue weighted by atomic mass is 16.5.